The van der Waals surface area contributed by atoms with Crippen molar-refractivity contribution in [3.05, 3.63) is 95.9 Å². The maximum Gasteiger partial charge on any atom is 0.407 e. The number of aromatic amines is 2. The quantitative estimate of drug-likeness (QED) is 0.0940. The molecule has 66 heavy (non-hydrogen) atoms. The Morgan fingerprint density at radius 1 is 0.727 bits per heavy atom. The van der Waals surface area contributed by atoms with Crippen molar-refractivity contribution in [3.8, 4) is 11.5 Å². The lowest BCUT2D eigenvalue weighted by Crippen LogP contribution is -2.51. The number of amides is 3. The largest absolute Gasteiger partial charge is 0.469 e. The fourth-order valence-corrected chi connectivity index (χ4v) is 10.4. The zero-order valence-corrected chi connectivity index (χ0v) is 38.5. The number of esters is 1. The Hall–Kier alpha value is -6.71. The zero-order chi connectivity index (χ0) is 46.2. The number of hydrogen-bond donors (Lipinski definition) is 3. The molecule has 0 aliphatic carbocycles. The number of rotatable bonds is 13. The number of oxazole rings is 1. The smallest absolute Gasteiger partial charge is 0.407 e. The van der Waals surface area contributed by atoms with E-state index < -0.39 is 18.1 Å². The van der Waals surface area contributed by atoms with Crippen molar-refractivity contribution in [2.45, 2.75) is 103 Å². The van der Waals surface area contributed by atoms with Crippen LogP contribution in [-0.2, 0) is 23.9 Å². The molecule has 0 unspecified atom stereocenters. The summed E-state index contributed by atoms with van der Waals surface area (Å²) in [5, 5.41) is 2.74. The third-order valence-corrected chi connectivity index (χ3v) is 13.9. The summed E-state index contributed by atoms with van der Waals surface area (Å²) in [5.41, 5.74) is 7.69. The highest BCUT2D eigenvalue weighted by Gasteiger charge is 2.40. The van der Waals surface area contributed by atoms with Crippen molar-refractivity contribution in [3.63, 3.8) is 0 Å². The maximum absolute atomic E-state index is 14.0. The molecule has 346 valence electrons. The minimum atomic E-state index is -0.716. The van der Waals surface area contributed by atoms with Gasteiger partial charge in [0.05, 0.1) is 79.0 Å². The fourth-order valence-electron chi connectivity index (χ4n) is 10.4. The number of imidazole rings is 2. The molecule has 3 N–H and O–H groups in total. The molecular formula is C50H59N9O7. The maximum atomic E-state index is 14.0. The summed E-state index contributed by atoms with van der Waals surface area (Å²) in [6.45, 7) is 8.96. The first-order chi connectivity index (χ1) is 31.9. The number of likely N-dealkylation sites (tertiary alicyclic amines) is 2. The first-order valence-corrected chi connectivity index (χ1v) is 23.2. The lowest BCUT2D eigenvalue weighted by Gasteiger charge is -2.33. The molecule has 3 aromatic heterocycles. The number of benzene rings is 3. The number of nitrogens with one attached hydrogen (secondary N) is 3. The molecule has 3 saturated heterocycles. The highest BCUT2D eigenvalue weighted by Crippen LogP contribution is 2.48. The minimum absolute atomic E-state index is 0.0180. The molecule has 0 saturated carbocycles. The normalized spacial score (nSPS) is 20.8. The molecule has 6 aromatic rings. The van der Waals surface area contributed by atoms with Gasteiger partial charge in [0.15, 0.2) is 0 Å². The number of carbonyl (C=O) groups excluding carboxylic acids is 4. The Bertz CT molecular complexity index is 2560. The number of alkyl carbamates (subject to hydrolysis) is 1. The molecule has 0 bridgehead atoms. The standard InChI is InChI=1S/C50H59N9O7/c1-28(2)34(27-43(60)64-5)48(61)57-22-7-9-41(57)45-52-35-17-13-31(25-37(35)54-45)39-19-20-40(59(39)33-15-11-30(12-16-33)47-51-21-24-66-47)32-14-18-36-38(26-32)55-46(53-36)42-10-8-23-58(42)49(62)44(29(3)4)56-50(63)65-6/h11-18,21,24-26,28-29,34,39-42,44H,7-10,19-20,22-23,27H2,1-6H3,(H,52,54)(H,53,55)(H,56,63)/t34-,39+,40+,41-,42-,44-/m0/s1. The Kier molecular flexibility index (Phi) is 12.6. The molecule has 3 fully saturated rings. The van der Waals surface area contributed by atoms with Crippen LogP contribution in [0, 0.1) is 17.8 Å². The van der Waals surface area contributed by atoms with Gasteiger partial charge in [-0.05, 0) is 110 Å². The van der Waals surface area contributed by atoms with Gasteiger partial charge in [0.2, 0.25) is 17.7 Å². The van der Waals surface area contributed by atoms with E-state index in [0.29, 0.717) is 19.0 Å². The van der Waals surface area contributed by atoms with Crippen LogP contribution < -0.4 is 10.2 Å². The number of carbonyl (C=O) groups is 4. The van der Waals surface area contributed by atoms with Gasteiger partial charge in [-0.1, -0.05) is 39.8 Å². The van der Waals surface area contributed by atoms with E-state index in [1.165, 1.54) is 14.2 Å². The van der Waals surface area contributed by atoms with Crippen LogP contribution in [0.25, 0.3) is 33.5 Å². The SMILES string of the molecule is COC(=O)C[C@H](C(=O)N1CCC[C@H]1c1nc2ccc([C@H]3CC[C@H](c4ccc5nc([C@@H]6CCCN6C(=O)[C@@H](NC(=O)OC)C(C)C)[nH]c5c4)N3c3ccc(-c4ncco4)cc3)cc2[nH]1)C(C)C. The van der Waals surface area contributed by atoms with E-state index in [1.807, 2.05) is 49.6 Å². The minimum Gasteiger partial charge on any atom is -0.469 e. The fraction of sp³-hybridized carbons (Fsp3) is 0.460. The van der Waals surface area contributed by atoms with Crippen LogP contribution in [-0.4, -0.2) is 91.9 Å². The molecule has 16 nitrogen and oxygen atoms in total. The summed E-state index contributed by atoms with van der Waals surface area (Å²) in [4.78, 5) is 80.1. The van der Waals surface area contributed by atoms with Crippen LogP contribution >= 0.6 is 0 Å². The topological polar surface area (TPSA) is 192 Å². The molecule has 6 atom stereocenters. The molecule has 0 radical (unpaired) electrons. The summed E-state index contributed by atoms with van der Waals surface area (Å²) in [5.74, 6) is 0.867. The average molecular weight is 898 g/mol. The van der Waals surface area contributed by atoms with Crippen LogP contribution in [0.15, 0.2) is 77.5 Å². The summed E-state index contributed by atoms with van der Waals surface area (Å²) in [6.07, 6.45) is 7.66. The predicted molar refractivity (Wildman–Crippen MR) is 248 cm³/mol. The van der Waals surface area contributed by atoms with Crippen molar-refractivity contribution in [2.75, 3.05) is 32.2 Å². The molecule has 16 heteroatoms. The summed E-state index contributed by atoms with van der Waals surface area (Å²) in [6, 6.07) is 20.1. The molecule has 3 aliphatic rings. The van der Waals surface area contributed by atoms with Gasteiger partial charge in [-0.25, -0.2) is 19.7 Å². The molecule has 6 heterocycles. The monoisotopic (exact) mass is 897 g/mol. The third-order valence-electron chi connectivity index (χ3n) is 13.9. The number of H-pyrrole nitrogens is 2. The predicted octanol–water partition coefficient (Wildman–Crippen LogP) is 8.72. The van der Waals surface area contributed by atoms with Gasteiger partial charge in [-0.3, -0.25) is 14.4 Å². The van der Waals surface area contributed by atoms with Gasteiger partial charge < -0.3 is 43.9 Å². The van der Waals surface area contributed by atoms with Crippen LogP contribution in [0.3, 0.4) is 0 Å². The summed E-state index contributed by atoms with van der Waals surface area (Å²) < 4.78 is 15.4. The highest BCUT2D eigenvalue weighted by atomic mass is 16.5. The first-order valence-electron chi connectivity index (χ1n) is 23.2. The van der Waals surface area contributed by atoms with E-state index in [2.05, 4.69) is 73.7 Å². The molecule has 3 amide bonds. The number of hydrogen-bond acceptors (Lipinski definition) is 11. The van der Waals surface area contributed by atoms with E-state index in [0.717, 1.165) is 94.6 Å². The van der Waals surface area contributed by atoms with Crippen molar-refractivity contribution in [1.29, 1.82) is 0 Å². The molecule has 3 aliphatic heterocycles. The number of ether oxygens (including phenoxy) is 2. The van der Waals surface area contributed by atoms with Gasteiger partial charge in [0.25, 0.3) is 0 Å². The zero-order valence-electron chi connectivity index (χ0n) is 38.5. The van der Waals surface area contributed by atoms with E-state index >= 15 is 0 Å². The van der Waals surface area contributed by atoms with Crippen LogP contribution in [0.1, 0.15) is 120 Å². The summed E-state index contributed by atoms with van der Waals surface area (Å²) in [7, 11) is 2.66. The highest BCUT2D eigenvalue weighted by molar-refractivity contribution is 5.87. The van der Waals surface area contributed by atoms with Gasteiger partial charge in [0.1, 0.15) is 24.0 Å². The lowest BCUT2D eigenvalue weighted by atomic mass is 9.91. The first kappa shape index (κ1) is 44.5. The number of anilines is 1. The second-order valence-electron chi connectivity index (χ2n) is 18.6. The molecule has 0 spiro atoms. The number of nitrogens with zero attached hydrogens (tertiary/aromatic N) is 6. The van der Waals surface area contributed by atoms with E-state index in [4.69, 9.17) is 23.9 Å². The Morgan fingerprint density at radius 3 is 1.80 bits per heavy atom. The Morgan fingerprint density at radius 2 is 1.30 bits per heavy atom. The van der Waals surface area contributed by atoms with E-state index in [9.17, 15) is 19.2 Å². The van der Waals surface area contributed by atoms with Crippen molar-refractivity contribution >= 4 is 51.6 Å². The van der Waals surface area contributed by atoms with Crippen molar-refractivity contribution < 1.29 is 33.1 Å². The van der Waals surface area contributed by atoms with Gasteiger partial charge in [-0.15, -0.1) is 0 Å². The molecular weight excluding hydrogens is 839 g/mol. The van der Waals surface area contributed by atoms with Gasteiger partial charge in [0, 0.05) is 24.3 Å². The van der Waals surface area contributed by atoms with Gasteiger partial charge >= 0.3 is 12.1 Å². The van der Waals surface area contributed by atoms with Gasteiger partial charge in [-0.2, -0.15) is 0 Å². The van der Waals surface area contributed by atoms with Crippen molar-refractivity contribution in [2.24, 2.45) is 17.8 Å². The number of methoxy groups -OCH3 is 2. The number of aromatic nitrogens is 5. The van der Waals surface area contributed by atoms with Crippen LogP contribution in [0.2, 0.25) is 0 Å². The Balaban J connectivity index is 1.01. The van der Waals surface area contributed by atoms with Crippen LogP contribution in [0.5, 0.6) is 0 Å². The average Bonchev–Trinajstić information content (AvgIpc) is 4.18. The second kappa shape index (κ2) is 18.6. The van der Waals surface area contributed by atoms with Crippen molar-refractivity contribution in [1.82, 2.24) is 40.0 Å². The van der Waals surface area contributed by atoms with Crippen LogP contribution in [0.4, 0.5) is 10.5 Å². The van der Waals surface area contributed by atoms with E-state index in [1.54, 1.807) is 12.5 Å². The Labute approximate surface area is 383 Å². The lowest BCUT2D eigenvalue weighted by molar-refractivity contribution is -0.148. The third kappa shape index (κ3) is 8.60. The molecule has 9 rings (SSSR count). The number of fused-ring (bicyclic) bond motifs is 2. The van der Waals surface area contributed by atoms with E-state index in [-0.39, 0.29) is 60.2 Å². The second-order valence-corrected chi connectivity index (χ2v) is 18.6. The summed E-state index contributed by atoms with van der Waals surface area (Å²) >= 11 is 0. The molecule has 3 aromatic carbocycles.